The Balaban J connectivity index is 1.95. The first kappa shape index (κ1) is 17.2. The highest BCUT2D eigenvalue weighted by molar-refractivity contribution is 5.80. The van der Waals surface area contributed by atoms with Gasteiger partial charge in [0.25, 0.3) is 0 Å². The Labute approximate surface area is 132 Å². The van der Waals surface area contributed by atoms with Crippen LogP contribution in [-0.4, -0.2) is 70.2 Å². The average molecular weight is 312 g/mol. The first-order valence-electron chi connectivity index (χ1n) is 8.30. The maximum atomic E-state index is 12.7. The van der Waals surface area contributed by atoms with Crippen LogP contribution in [0.4, 0.5) is 0 Å². The molecule has 0 aromatic rings. The summed E-state index contributed by atoms with van der Waals surface area (Å²) in [5.74, 6) is -0.00360. The van der Waals surface area contributed by atoms with Crippen LogP contribution < -0.4 is 0 Å². The number of likely N-dealkylation sites (tertiary alicyclic amines) is 1. The van der Waals surface area contributed by atoms with E-state index in [1.165, 1.54) is 0 Å². The fourth-order valence-corrected chi connectivity index (χ4v) is 3.62. The van der Waals surface area contributed by atoms with Crippen LogP contribution in [0.2, 0.25) is 0 Å². The quantitative estimate of drug-likeness (QED) is 0.722. The van der Waals surface area contributed by atoms with Crippen molar-refractivity contribution in [2.24, 2.45) is 5.92 Å². The van der Waals surface area contributed by atoms with Gasteiger partial charge in [-0.1, -0.05) is 12.8 Å². The molecule has 1 saturated carbocycles. The van der Waals surface area contributed by atoms with Crippen LogP contribution in [0.25, 0.3) is 0 Å². The van der Waals surface area contributed by atoms with E-state index in [9.17, 15) is 19.8 Å². The topological polar surface area (TPSA) is 81.1 Å². The second-order valence-corrected chi connectivity index (χ2v) is 6.64. The van der Waals surface area contributed by atoms with Crippen LogP contribution in [0.15, 0.2) is 0 Å². The standard InChI is InChI=1S/C16H28N2O4/c1-11(19)18-9-7-12(8-10-18)16(22)17(2)13-5-3-4-6-14(20)15(13)21/h12-15,20-21H,3-10H2,1-2H3/t13-,14-,15-/m1/s1. The van der Waals surface area contributed by atoms with Gasteiger partial charge in [0.15, 0.2) is 0 Å². The maximum Gasteiger partial charge on any atom is 0.225 e. The number of amides is 2. The van der Waals surface area contributed by atoms with Crippen LogP contribution in [0.3, 0.4) is 0 Å². The van der Waals surface area contributed by atoms with Crippen molar-refractivity contribution < 1.29 is 19.8 Å². The monoisotopic (exact) mass is 312 g/mol. The summed E-state index contributed by atoms with van der Waals surface area (Å²) >= 11 is 0. The molecule has 2 amide bonds. The summed E-state index contributed by atoms with van der Waals surface area (Å²) in [6.45, 7) is 2.79. The Bertz CT molecular complexity index is 407. The third-order valence-electron chi connectivity index (χ3n) is 5.17. The number of nitrogens with zero attached hydrogens (tertiary/aromatic N) is 2. The molecule has 2 fully saturated rings. The number of hydrogen-bond donors (Lipinski definition) is 2. The summed E-state index contributed by atoms with van der Waals surface area (Å²) in [5.41, 5.74) is 0. The zero-order valence-electron chi connectivity index (χ0n) is 13.6. The van der Waals surface area contributed by atoms with Gasteiger partial charge in [-0.3, -0.25) is 9.59 Å². The Hall–Kier alpha value is -1.14. The van der Waals surface area contributed by atoms with Crippen LogP contribution in [-0.2, 0) is 9.59 Å². The van der Waals surface area contributed by atoms with Crippen molar-refractivity contribution in [2.45, 2.75) is 63.7 Å². The lowest BCUT2D eigenvalue weighted by atomic mass is 9.93. The van der Waals surface area contributed by atoms with E-state index in [4.69, 9.17) is 0 Å². The Kier molecular flexibility index (Phi) is 5.81. The summed E-state index contributed by atoms with van der Waals surface area (Å²) < 4.78 is 0. The van der Waals surface area contributed by atoms with Crippen LogP contribution in [0, 0.1) is 5.92 Å². The summed E-state index contributed by atoms with van der Waals surface area (Å²) in [6.07, 6.45) is 2.86. The molecule has 3 atom stereocenters. The Morgan fingerprint density at radius 3 is 2.23 bits per heavy atom. The minimum atomic E-state index is -0.867. The van der Waals surface area contributed by atoms with Crippen molar-refractivity contribution in [2.75, 3.05) is 20.1 Å². The number of aliphatic hydroxyl groups excluding tert-OH is 2. The average Bonchev–Trinajstić information content (AvgIpc) is 2.68. The third kappa shape index (κ3) is 3.79. The molecule has 2 rings (SSSR count). The lowest BCUT2D eigenvalue weighted by Crippen LogP contribution is -2.51. The second-order valence-electron chi connectivity index (χ2n) is 6.64. The molecule has 2 N–H and O–H groups in total. The van der Waals surface area contributed by atoms with Crippen molar-refractivity contribution in [1.82, 2.24) is 9.80 Å². The summed E-state index contributed by atoms with van der Waals surface area (Å²) in [7, 11) is 1.73. The molecule has 6 heteroatoms. The predicted molar refractivity (Wildman–Crippen MR) is 82.0 cm³/mol. The minimum Gasteiger partial charge on any atom is -0.390 e. The van der Waals surface area contributed by atoms with Crippen molar-refractivity contribution in [3.63, 3.8) is 0 Å². The highest BCUT2D eigenvalue weighted by atomic mass is 16.3. The SMILES string of the molecule is CC(=O)N1CCC(C(=O)N(C)[C@@H]2CCCC[C@@H](O)[C@@H]2O)CC1. The van der Waals surface area contributed by atoms with Gasteiger partial charge in [0.05, 0.1) is 12.1 Å². The minimum absolute atomic E-state index is 0.0290. The molecule has 0 unspecified atom stereocenters. The van der Waals surface area contributed by atoms with Gasteiger partial charge >= 0.3 is 0 Å². The number of rotatable bonds is 2. The van der Waals surface area contributed by atoms with Gasteiger partial charge in [0.2, 0.25) is 11.8 Å². The van der Waals surface area contributed by atoms with Gasteiger partial charge in [-0.2, -0.15) is 0 Å². The summed E-state index contributed by atoms with van der Waals surface area (Å²) in [5, 5.41) is 20.2. The third-order valence-corrected chi connectivity index (χ3v) is 5.17. The molecule has 0 bridgehead atoms. The first-order chi connectivity index (χ1) is 10.4. The molecular formula is C16H28N2O4. The zero-order valence-corrected chi connectivity index (χ0v) is 13.6. The molecule has 1 saturated heterocycles. The van der Waals surface area contributed by atoms with E-state index in [-0.39, 0.29) is 23.8 Å². The molecule has 2 aliphatic rings. The van der Waals surface area contributed by atoms with E-state index in [1.54, 1.807) is 23.8 Å². The van der Waals surface area contributed by atoms with Gasteiger partial charge in [0, 0.05) is 33.0 Å². The van der Waals surface area contributed by atoms with Crippen LogP contribution in [0.5, 0.6) is 0 Å². The summed E-state index contributed by atoms with van der Waals surface area (Å²) in [6, 6.07) is -0.309. The molecule has 0 aromatic heterocycles. The Morgan fingerprint density at radius 1 is 1.05 bits per heavy atom. The number of hydrogen-bond acceptors (Lipinski definition) is 4. The van der Waals surface area contributed by atoms with Crippen molar-refractivity contribution in [3.8, 4) is 0 Å². The molecule has 0 aromatic carbocycles. The number of aliphatic hydroxyl groups is 2. The molecule has 6 nitrogen and oxygen atoms in total. The molecular weight excluding hydrogens is 284 g/mol. The smallest absolute Gasteiger partial charge is 0.225 e. The lowest BCUT2D eigenvalue weighted by molar-refractivity contribution is -0.144. The van der Waals surface area contributed by atoms with Gasteiger partial charge < -0.3 is 20.0 Å². The van der Waals surface area contributed by atoms with Crippen LogP contribution in [0.1, 0.15) is 45.4 Å². The molecule has 0 spiro atoms. The van der Waals surface area contributed by atoms with E-state index in [2.05, 4.69) is 0 Å². The van der Waals surface area contributed by atoms with Crippen molar-refractivity contribution in [1.29, 1.82) is 0 Å². The number of carbonyl (C=O) groups excluding carboxylic acids is 2. The zero-order chi connectivity index (χ0) is 16.3. The maximum absolute atomic E-state index is 12.7. The molecule has 1 aliphatic heterocycles. The van der Waals surface area contributed by atoms with Crippen molar-refractivity contribution >= 4 is 11.8 Å². The van der Waals surface area contributed by atoms with Crippen LogP contribution >= 0.6 is 0 Å². The first-order valence-corrected chi connectivity index (χ1v) is 8.30. The Morgan fingerprint density at radius 2 is 1.64 bits per heavy atom. The highest BCUT2D eigenvalue weighted by Gasteiger charge is 2.36. The fraction of sp³-hybridized carbons (Fsp3) is 0.875. The van der Waals surface area contributed by atoms with E-state index in [1.807, 2.05) is 0 Å². The molecule has 1 aliphatic carbocycles. The molecule has 1 heterocycles. The van der Waals surface area contributed by atoms with Gasteiger partial charge in [-0.25, -0.2) is 0 Å². The highest BCUT2D eigenvalue weighted by Crippen LogP contribution is 2.26. The van der Waals surface area contributed by atoms with Gasteiger partial charge in [0.1, 0.15) is 6.10 Å². The molecule has 126 valence electrons. The van der Waals surface area contributed by atoms with Gasteiger partial charge in [-0.15, -0.1) is 0 Å². The van der Waals surface area contributed by atoms with E-state index in [0.717, 1.165) is 19.3 Å². The number of carbonyl (C=O) groups is 2. The van der Waals surface area contributed by atoms with Crippen molar-refractivity contribution in [3.05, 3.63) is 0 Å². The fourth-order valence-electron chi connectivity index (χ4n) is 3.62. The number of piperidine rings is 1. The van der Waals surface area contributed by atoms with E-state index < -0.39 is 12.2 Å². The van der Waals surface area contributed by atoms with Gasteiger partial charge in [-0.05, 0) is 25.7 Å². The second kappa shape index (κ2) is 7.42. The van der Waals surface area contributed by atoms with E-state index >= 15 is 0 Å². The predicted octanol–water partition coefficient (Wildman–Crippen LogP) is 0.368. The lowest BCUT2D eigenvalue weighted by Gasteiger charge is -2.37. The van der Waals surface area contributed by atoms with E-state index in [0.29, 0.717) is 32.4 Å². The molecule has 0 radical (unpaired) electrons. The normalized spacial score (nSPS) is 30.7. The molecule has 22 heavy (non-hydrogen) atoms. The summed E-state index contributed by atoms with van der Waals surface area (Å²) in [4.78, 5) is 27.4. The number of likely N-dealkylation sites (N-methyl/N-ethyl adjacent to an activating group) is 1. The largest absolute Gasteiger partial charge is 0.390 e.